The molecule has 5 nitrogen and oxygen atoms in total. The van der Waals surface area contributed by atoms with Gasteiger partial charge in [-0.3, -0.25) is 4.79 Å². The van der Waals surface area contributed by atoms with Crippen LogP contribution >= 0.6 is 0 Å². The third kappa shape index (κ3) is 3.97. The second-order valence-corrected chi connectivity index (χ2v) is 5.06. The van der Waals surface area contributed by atoms with Crippen molar-refractivity contribution in [2.75, 3.05) is 10.6 Å². The Hall–Kier alpha value is -2.57. The maximum Gasteiger partial charge on any atom is 0.274 e. The fourth-order valence-electron chi connectivity index (χ4n) is 1.83. The number of hydrogen-bond acceptors (Lipinski definition) is 4. The van der Waals surface area contributed by atoms with Crippen molar-refractivity contribution in [3.05, 3.63) is 47.4 Å². The molecule has 1 heterocycles. The van der Waals surface area contributed by atoms with Crippen molar-refractivity contribution in [3.8, 4) is 0 Å². The van der Waals surface area contributed by atoms with E-state index in [1.165, 1.54) is 6.07 Å². The molecular formula is C15H16F2N4O. The molecule has 0 saturated carbocycles. The van der Waals surface area contributed by atoms with Crippen LogP contribution in [0.2, 0.25) is 0 Å². The van der Waals surface area contributed by atoms with Crippen molar-refractivity contribution in [2.24, 2.45) is 0 Å². The summed E-state index contributed by atoms with van der Waals surface area (Å²) in [6.45, 7) is 5.52. The van der Waals surface area contributed by atoms with Gasteiger partial charge in [-0.25, -0.2) is 18.7 Å². The number of carbonyl (C=O) groups excluding carboxylic acids is 1. The highest BCUT2D eigenvalue weighted by Gasteiger charge is 2.13. The van der Waals surface area contributed by atoms with E-state index in [1.807, 2.05) is 13.8 Å². The summed E-state index contributed by atoms with van der Waals surface area (Å²) in [5.41, 5.74) is -0.0135. The zero-order valence-corrected chi connectivity index (χ0v) is 12.4. The van der Waals surface area contributed by atoms with Gasteiger partial charge in [0, 0.05) is 18.2 Å². The molecule has 7 heteroatoms. The number of aromatic nitrogens is 2. The van der Waals surface area contributed by atoms with Crippen LogP contribution < -0.4 is 10.6 Å². The lowest BCUT2D eigenvalue weighted by molar-refractivity contribution is 0.102. The van der Waals surface area contributed by atoms with Crippen LogP contribution in [0, 0.1) is 18.6 Å². The quantitative estimate of drug-likeness (QED) is 0.910. The molecule has 0 bridgehead atoms. The van der Waals surface area contributed by atoms with Gasteiger partial charge in [0.1, 0.15) is 29.0 Å². The van der Waals surface area contributed by atoms with Crippen LogP contribution in [0.15, 0.2) is 24.3 Å². The first-order valence-corrected chi connectivity index (χ1v) is 6.74. The Bertz CT molecular complexity index is 704. The largest absolute Gasteiger partial charge is 0.368 e. The van der Waals surface area contributed by atoms with E-state index in [2.05, 4.69) is 20.6 Å². The van der Waals surface area contributed by atoms with Gasteiger partial charge in [0.05, 0.1) is 5.69 Å². The second-order valence-electron chi connectivity index (χ2n) is 5.06. The molecule has 22 heavy (non-hydrogen) atoms. The maximum atomic E-state index is 13.6. The fraction of sp³-hybridized carbons (Fsp3) is 0.267. The van der Waals surface area contributed by atoms with Crippen molar-refractivity contribution in [1.29, 1.82) is 0 Å². The van der Waals surface area contributed by atoms with Crippen LogP contribution in [0.3, 0.4) is 0 Å². The van der Waals surface area contributed by atoms with Crippen LogP contribution in [0.4, 0.5) is 20.3 Å². The van der Waals surface area contributed by atoms with E-state index in [1.54, 1.807) is 6.92 Å². The summed E-state index contributed by atoms with van der Waals surface area (Å²) in [5.74, 6) is -1.23. The minimum Gasteiger partial charge on any atom is -0.368 e. The molecule has 0 aliphatic heterocycles. The van der Waals surface area contributed by atoms with Gasteiger partial charge < -0.3 is 10.6 Å². The molecule has 2 rings (SSSR count). The van der Waals surface area contributed by atoms with E-state index < -0.39 is 17.5 Å². The summed E-state index contributed by atoms with van der Waals surface area (Å²) in [7, 11) is 0. The average Bonchev–Trinajstić information content (AvgIpc) is 2.40. The third-order valence-corrected chi connectivity index (χ3v) is 2.69. The molecule has 0 radical (unpaired) electrons. The van der Waals surface area contributed by atoms with Crippen molar-refractivity contribution in [2.45, 2.75) is 26.8 Å². The van der Waals surface area contributed by atoms with Gasteiger partial charge in [0.15, 0.2) is 0 Å². The summed E-state index contributed by atoms with van der Waals surface area (Å²) >= 11 is 0. The maximum absolute atomic E-state index is 13.6. The lowest BCUT2D eigenvalue weighted by Crippen LogP contribution is -2.18. The predicted octanol–water partition coefficient (Wildman–Crippen LogP) is 3.14. The summed E-state index contributed by atoms with van der Waals surface area (Å²) in [6.07, 6.45) is 0. The Kier molecular flexibility index (Phi) is 4.65. The zero-order valence-electron chi connectivity index (χ0n) is 12.4. The normalized spacial score (nSPS) is 10.6. The van der Waals surface area contributed by atoms with Crippen LogP contribution in [0.5, 0.6) is 0 Å². The van der Waals surface area contributed by atoms with Crippen molar-refractivity contribution in [3.63, 3.8) is 0 Å². The zero-order chi connectivity index (χ0) is 16.3. The van der Waals surface area contributed by atoms with E-state index in [4.69, 9.17) is 0 Å². The van der Waals surface area contributed by atoms with Gasteiger partial charge in [-0.15, -0.1) is 0 Å². The van der Waals surface area contributed by atoms with Gasteiger partial charge in [-0.1, -0.05) is 0 Å². The molecule has 116 valence electrons. The lowest BCUT2D eigenvalue weighted by Gasteiger charge is -2.11. The van der Waals surface area contributed by atoms with E-state index in [9.17, 15) is 13.6 Å². The first kappa shape index (κ1) is 15.8. The number of benzene rings is 1. The second kappa shape index (κ2) is 6.46. The number of amides is 1. The minimum absolute atomic E-state index is 0.0966. The Labute approximate surface area is 126 Å². The standard InChI is InChI=1S/C15H16F2N4O/c1-8(2)18-14-7-13(19-9(3)20-14)15(22)21-12-5-4-10(16)6-11(12)17/h4-8H,1-3H3,(H,21,22)(H,18,19,20). The molecule has 0 spiro atoms. The molecule has 1 aromatic heterocycles. The number of carbonyl (C=O) groups is 1. The molecule has 0 fully saturated rings. The number of hydrogen-bond donors (Lipinski definition) is 2. The fourth-order valence-corrected chi connectivity index (χ4v) is 1.83. The number of nitrogens with one attached hydrogen (secondary N) is 2. The molecule has 0 atom stereocenters. The minimum atomic E-state index is -0.848. The van der Waals surface area contributed by atoms with Crippen LogP contribution in [0.25, 0.3) is 0 Å². The van der Waals surface area contributed by atoms with Crippen molar-refractivity contribution >= 4 is 17.4 Å². The molecule has 0 aliphatic rings. The van der Waals surface area contributed by atoms with E-state index >= 15 is 0 Å². The van der Waals surface area contributed by atoms with Gasteiger partial charge in [-0.05, 0) is 32.9 Å². The highest BCUT2D eigenvalue weighted by molar-refractivity contribution is 6.03. The Balaban J connectivity index is 2.23. The van der Waals surface area contributed by atoms with Crippen LogP contribution in [-0.4, -0.2) is 21.9 Å². The van der Waals surface area contributed by atoms with Gasteiger partial charge in [0.2, 0.25) is 0 Å². The topological polar surface area (TPSA) is 66.9 Å². The molecular weight excluding hydrogens is 290 g/mol. The third-order valence-electron chi connectivity index (χ3n) is 2.69. The number of halogens is 2. The number of rotatable bonds is 4. The number of anilines is 2. The van der Waals surface area contributed by atoms with E-state index in [0.29, 0.717) is 17.7 Å². The Morgan fingerprint density at radius 3 is 2.55 bits per heavy atom. The van der Waals surface area contributed by atoms with E-state index in [-0.39, 0.29) is 17.4 Å². The Morgan fingerprint density at radius 2 is 1.91 bits per heavy atom. The highest BCUT2D eigenvalue weighted by atomic mass is 19.1. The van der Waals surface area contributed by atoms with Crippen molar-refractivity contribution in [1.82, 2.24) is 9.97 Å². The average molecular weight is 306 g/mol. The first-order valence-electron chi connectivity index (χ1n) is 6.74. The van der Waals surface area contributed by atoms with Gasteiger partial charge in [-0.2, -0.15) is 0 Å². The number of aryl methyl sites for hydroxylation is 1. The van der Waals surface area contributed by atoms with Crippen LogP contribution in [0.1, 0.15) is 30.2 Å². The summed E-state index contributed by atoms with van der Waals surface area (Å²) < 4.78 is 26.4. The van der Waals surface area contributed by atoms with Crippen molar-refractivity contribution < 1.29 is 13.6 Å². The SMILES string of the molecule is Cc1nc(NC(C)C)cc(C(=O)Nc2ccc(F)cc2F)n1. The van der Waals surface area contributed by atoms with Crippen LogP contribution in [-0.2, 0) is 0 Å². The molecule has 0 aliphatic carbocycles. The molecule has 2 N–H and O–H groups in total. The highest BCUT2D eigenvalue weighted by Crippen LogP contribution is 2.16. The monoisotopic (exact) mass is 306 g/mol. The first-order chi connectivity index (χ1) is 10.3. The lowest BCUT2D eigenvalue weighted by atomic mass is 10.2. The molecule has 1 amide bonds. The smallest absolute Gasteiger partial charge is 0.274 e. The molecule has 0 unspecified atom stereocenters. The van der Waals surface area contributed by atoms with E-state index in [0.717, 1.165) is 12.1 Å². The summed E-state index contributed by atoms with van der Waals surface area (Å²) in [5, 5.41) is 5.43. The molecule has 0 saturated heterocycles. The summed E-state index contributed by atoms with van der Waals surface area (Å²) in [4.78, 5) is 20.3. The number of nitrogens with zero attached hydrogens (tertiary/aromatic N) is 2. The summed E-state index contributed by atoms with van der Waals surface area (Å²) in [6, 6.07) is 4.54. The van der Waals surface area contributed by atoms with Gasteiger partial charge >= 0.3 is 0 Å². The predicted molar refractivity (Wildman–Crippen MR) is 79.8 cm³/mol. The molecule has 1 aromatic carbocycles. The Morgan fingerprint density at radius 1 is 1.18 bits per heavy atom. The van der Waals surface area contributed by atoms with Gasteiger partial charge in [0.25, 0.3) is 5.91 Å². The molecule has 2 aromatic rings.